The summed E-state index contributed by atoms with van der Waals surface area (Å²) >= 11 is 1.25. The van der Waals surface area contributed by atoms with Crippen molar-refractivity contribution in [3.63, 3.8) is 0 Å². The molecule has 0 atom stereocenters. The first kappa shape index (κ1) is 16.6. The Morgan fingerprint density at radius 3 is 2.70 bits per heavy atom. The Morgan fingerprint density at radius 2 is 1.91 bits per heavy atom. The van der Waals surface area contributed by atoms with Crippen LogP contribution in [-0.4, -0.2) is 33.0 Å². The number of benzene rings is 1. The number of unbranched alkanes of at least 4 members (excludes halogenated alkanes) is 1. The maximum atomic E-state index is 12.0. The van der Waals surface area contributed by atoms with Crippen LogP contribution in [0.3, 0.4) is 0 Å². The van der Waals surface area contributed by atoms with Crippen molar-refractivity contribution in [2.24, 2.45) is 0 Å². The van der Waals surface area contributed by atoms with E-state index in [9.17, 15) is 8.42 Å². The molecule has 1 aliphatic heterocycles. The van der Waals surface area contributed by atoms with Gasteiger partial charge in [0.15, 0.2) is 0 Å². The van der Waals surface area contributed by atoms with Gasteiger partial charge in [-0.3, -0.25) is 4.90 Å². The lowest BCUT2D eigenvalue weighted by Crippen LogP contribution is -2.32. The van der Waals surface area contributed by atoms with Crippen molar-refractivity contribution in [3.05, 3.63) is 52.9 Å². The number of sulfonamides is 1. The Balaban J connectivity index is 1.38. The summed E-state index contributed by atoms with van der Waals surface area (Å²) < 4.78 is 27.0. The fourth-order valence-electron chi connectivity index (χ4n) is 2.90. The zero-order chi connectivity index (χ0) is 16.1. The maximum absolute atomic E-state index is 12.0. The quantitative estimate of drug-likeness (QED) is 0.781. The molecule has 0 amide bonds. The van der Waals surface area contributed by atoms with E-state index in [0.717, 1.165) is 38.9 Å². The van der Waals surface area contributed by atoms with Crippen molar-refractivity contribution < 1.29 is 8.42 Å². The zero-order valence-electron chi connectivity index (χ0n) is 13.1. The highest BCUT2D eigenvalue weighted by Crippen LogP contribution is 2.19. The van der Waals surface area contributed by atoms with E-state index in [1.165, 1.54) is 22.5 Å². The van der Waals surface area contributed by atoms with Crippen LogP contribution in [0.25, 0.3) is 0 Å². The van der Waals surface area contributed by atoms with E-state index in [1.807, 2.05) is 0 Å². The van der Waals surface area contributed by atoms with Crippen LogP contribution in [-0.2, 0) is 23.0 Å². The van der Waals surface area contributed by atoms with Gasteiger partial charge < -0.3 is 0 Å². The molecule has 0 fully saturated rings. The van der Waals surface area contributed by atoms with Crippen molar-refractivity contribution in [3.8, 4) is 0 Å². The Morgan fingerprint density at radius 1 is 1.09 bits per heavy atom. The van der Waals surface area contributed by atoms with Gasteiger partial charge in [0, 0.05) is 19.6 Å². The van der Waals surface area contributed by atoms with Gasteiger partial charge in [0.2, 0.25) is 10.0 Å². The third kappa shape index (κ3) is 4.41. The molecule has 2 aromatic rings. The third-order valence-electron chi connectivity index (χ3n) is 4.16. The van der Waals surface area contributed by atoms with Gasteiger partial charge >= 0.3 is 0 Å². The molecule has 2 heterocycles. The topological polar surface area (TPSA) is 49.4 Å². The van der Waals surface area contributed by atoms with Crippen molar-refractivity contribution in [1.29, 1.82) is 0 Å². The molecule has 1 N–H and O–H groups in total. The summed E-state index contributed by atoms with van der Waals surface area (Å²) in [7, 11) is -3.31. The number of nitrogens with zero attached hydrogens (tertiary/aromatic N) is 1. The number of rotatable bonds is 7. The summed E-state index contributed by atoms with van der Waals surface area (Å²) in [5.74, 6) is 0. The van der Waals surface area contributed by atoms with Gasteiger partial charge in [-0.2, -0.15) is 0 Å². The fourth-order valence-corrected chi connectivity index (χ4v) is 5.01. The molecule has 0 saturated heterocycles. The van der Waals surface area contributed by atoms with Crippen LogP contribution in [0.2, 0.25) is 0 Å². The fraction of sp³-hybridized carbons (Fsp3) is 0.412. The van der Waals surface area contributed by atoms with Crippen molar-refractivity contribution >= 4 is 21.4 Å². The van der Waals surface area contributed by atoms with Crippen molar-refractivity contribution in [1.82, 2.24) is 9.62 Å². The molecule has 23 heavy (non-hydrogen) atoms. The second kappa shape index (κ2) is 7.57. The largest absolute Gasteiger partial charge is 0.299 e. The van der Waals surface area contributed by atoms with Gasteiger partial charge in [-0.1, -0.05) is 30.3 Å². The number of hydrogen-bond donors (Lipinski definition) is 1. The molecule has 6 heteroatoms. The molecule has 0 saturated carbocycles. The summed E-state index contributed by atoms with van der Waals surface area (Å²) in [4.78, 5) is 2.45. The van der Waals surface area contributed by atoms with E-state index < -0.39 is 10.0 Å². The van der Waals surface area contributed by atoms with Crippen LogP contribution >= 0.6 is 11.3 Å². The smallest absolute Gasteiger partial charge is 0.250 e. The molecule has 0 aliphatic carbocycles. The van der Waals surface area contributed by atoms with E-state index in [-0.39, 0.29) is 0 Å². The normalized spacial score (nSPS) is 15.5. The van der Waals surface area contributed by atoms with Crippen molar-refractivity contribution in [2.75, 3.05) is 19.6 Å². The van der Waals surface area contributed by atoms with E-state index in [1.54, 1.807) is 17.5 Å². The summed E-state index contributed by atoms with van der Waals surface area (Å²) in [5, 5.41) is 1.78. The van der Waals surface area contributed by atoms with Gasteiger partial charge in [-0.05, 0) is 48.4 Å². The highest BCUT2D eigenvalue weighted by atomic mass is 32.2. The summed E-state index contributed by atoms with van der Waals surface area (Å²) in [6.07, 6.45) is 2.99. The van der Waals surface area contributed by atoms with Crippen LogP contribution in [0.15, 0.2) is 46.0 Å². The van der Waals surface area contributed by atoms with Gasteiger partial charge in [-0.25, -0.2) is 13.1 Å². The van der Waals surface area contributed by atoms with Gasteiger partial charge in [0.05, 0.1) is 0 Å². The van der Waals surface area contributed by atoms with Crippen molar-refractivity contribution in [2.45, 2.75) is 30.0 Å². The Hall–Kier alpha value is -1.21. The molecule has 0 unspecified atom stereocenters. The minimum absolute atomic E-state index is 0.394. The Labute approximate surface area is 142 Å². The SMILES string of the molecule is O=S(=O)(NCCCCN1CCc2ccccc2C1)c1cccs1. The minimum Gasteiger partial charge on any atom is -0.299 e. The van der Waals surface area contributed by atoms with Gasteiger partial charge in [-0.15, -0.1) is 11.3 Å². The Kier molecular flexibility index (Phi) is 5.48. The molecular weight excluding hydrogens is 328 g/mol. The highest BCUT2D eigenvalue weighted by molar-refractivity contribution is 7.91. The summed E-state index contributed by atoms with van der Waals surface area (Å²) in [5.41, 5.74) is 2.89. The van der Waals surface area contributed by atoms with Gasteiger partial charge in [0.25, 0.3) is 0 Å². The first-order valence-electron chi connectivity index (χ1n) is 7.97. The average molecular weight is 351 g/mol. The van der Waals surface area contributed by atoms with Crippen LogP contribution in [0.1, 0.15) is 24.0 Å². The molecule has 3 rings (SSSR count). The van der Waals surface area contributed by atoms with Crippen LogP contribution in [0, 0.1) is 0 Å². The van der Waals surface area contributed by atoms with Crippen LogP contribution < -0.4 is 4.72 Å². The zero-order valence-corrected chi connectivity index (χ0v) is 14.7. The first-order valence-corrected chi connectivity index (χ1v) is 10.3. The Bertz CT molecular complexity index is 727. The predicted octanol–water partition coefficient (Wildman–Crippen LogP) is 2.86. The lowest BCUT2D eigenvalue weighted by molar-refractivity contribution is 0.249. The van der Waals surface area contributed by atoms with E-state index in [0.29, 0.717) is 10.8 Å². The second-order valence-electron chi connectivity index (χ2n) is 5.83. The molecule has 1 aliphatic rings. The molecule has 0 spiro atoms. The number of thiophene rings is 1. The summed E-state index contributed by atoms with van der Waals surface area (Å²) in [6.45, 7) is 3.63. The lowest BCUT2D eigenvalue weighted by Gasteiger charge is -2.28. The highest BCUT2D eigenvalue weighted by Gasteiger charge is 2.16. The van der Waals surface area contributed by atoms with Crippen LogP contribution in [0.4, 0.5) is 0 Å². The molecule has 1 aromatic heterocycles. The molecule has 0 radical (unpaired) electrons. The second-order valence-corrected chi connectivity index (χ2v) is 8.77. The summed E-state index contributed by atoms with van der Waals surface area (Å²) in [6, 6.07) is 12.0. The molecular formula is C17H22N2O2S2. The number of fused-ring (bicyclic) bond motifs is 1. The molecule has 124 valence electrons. The van der Waals surface area contributed by atoms with E-state index in [4.69, 9.17) is 0 Å². The third-order valence-corrected chi connectivity index (χ3v) is 7.02. The molecule has 0 bridgehead atoms. The average Bonchev–Trinajstić information content (AvgIpc) is 3.10. The first-order chi connectivity index (χ1) is 11.1. The van der Waals surface area contributed by atoms with E-state index in [2.05, 4.69) is 33.9 Å². The molecule has 1 aromatic carbocycles. The predicted molar refractivity (Wildman–Crippen MR) is 94.2 cm³/mol. The maximum Gasteiger partial charge on any atom is 0.250 e. The molecule has 4 nitrogen and oxygen atoms in total. The monoisotopic (exact) mass is 350 g/mol. The van der Waals surface area contributed by atoms with Crippen LogP contribution in [0.5, 0.6) is 0 Å². The minimum atomic E-state index is -3.31. The lowest BCUT2D eigenvalue weighted by atomic mass is 10.00. The standard InChI is InChI=1S/C17H22N2O2S2/c20-23(21,17-8-5-13-22-17)18-10-3-4-11-19-12-9-15-6-1-2-7-16(15)14-19/h1-2,5-8,13,18H,3-4,9-12,14H2. The van der Waals surface area contributed by atoms with E-state index >= 15 is 0 Å². The van der Waals surface area contributed by atoms with Gasteiger partial charge in [0.1, 0.15) is 4.21 Å². The number of nitrogens with one attached hydrogen (secondary N) is 1. The number of hydrogen-bond acceptors (Lipinski definition) is 4.